The molecule has 2 aliphatic heterocycles. The number of carbonyl (C=O) groups is 3. The van der Waals surface area contributed by atoms with Gasteiger partial charge < -0.3 is 23.7 Å². The van der Waals surface area contributed by atoms with Crippen LogP contribution in [0.4, 0.5) is 0 Å². The molecule has 160 valence electrons. The first-order valence-corrected chi connectivity index (χ1v) is 10.0. The molecular weight excluding hydrogens is 380 g/mol. The molecule has 0 radical (unpaired) electrons. The van der Waals surface area contributed by atoms with Crippen molar-refractivity contribution in [3.63, 3.8) is 0 Å². The first-order chi connectivity index (χ1) is 13.6. The third kappa shape index (κ3) is 2.68. The zero-order valence-corrected chi connectivity index (χ0v) is 17.5. The molecule has 2 saturated heterocycles. The summed E-state index contributed by atoms with van der Waals surface area (Å²) >= 11 is 0. The third-order valence-corrected chi connectivity index (χ3v) is 7.36. The molecule has 1 spiro atoms. The third-order valence-electron chi connectivity index (χ3n) is 7.36. The lowest BCUT2D eigenvalue weighted by atomic mass is 9.51. The number of esters is 3. The Morgan fingerprint density at radius 2 is 1.79 bits per heavy atom. The quantitative estimate of drug-likeness (QED) is 0.300. The highest BCUT2D eigenvalue weighted by Gasteiger charge is 2.86. The summed E-state index contributed by atoms with van der Waals surface area (Å²) in [7, 11) is 0. The Balaban J connectivity index is 1.87. The molecule has 8 heteroatoms. The van der Waals surface area contributed by atoms with Crippen LogP contribution in [0.3, 0.4) is 0 Å². The average Bonchev–Trinajstić information content (AvgIpc) is 3.40. The predicted molar refractivity (Wildman–Crippen MR) is 98.6 cm³/mol. The monoisotopic (exact) mass is 408 g/mol. The number of fused-ring (bicyclic) bond motifs is 2. The fourth-order valence-corrected chi connectivity index (χ4v) is 5.88. The van der Waals surface area contributed by atoms with Gasteiger partial charge in [-0.1, -0.05) is 18.6 Å². The fourth-order valence-electron chi connectivity index (χ4n) is 5.88. The van der Waals surface area contributed by atoms with E-state index in [9.17, 15) is 14.4 Å². The van der Waals surface area contributed by atoms with Gasteiger partial charge in [0.1, 0.15) is 18.3 Å². The van der Waals surface area contributed by atoms with E-state index in [0.29, 0.717) is 13.0 Å². The van der Waals surface area contributed by atoms with Gasteiger partial charge in [-0.3, -0.25) is 14.4 Å². The van der Waals surface area contributed by atoms with Crippen molar-refractivity contribution in [1.29, 1.82) is 0 Å². The zero-order chi connectivity index (χ0) is 21.2. The second-order valence-electron chi connectivity index (χ2n) is 8.91. The lowest BCUT2D eigenvalue weighted by Crippen LogP contribution is -2.66. The normalized spacial score (nSPS) is 44.5. The minimum absolute atomic E-state index is 0.107. The van der Waals surface area contributed by atoms with Gasteiger partial charge >= 0.3 is 17.9 Å². The molecule has 4 rings (SSSR count). The van der Waals surface area contributed by atoms with E-state index in [1.54, 1.807) is 0 Å². The predicted octanol–water partition coefficient (Wildman–Crippen LogP) is 1.70. The second-order valence-corrected chi connectivity index (χ2v) is 8.91. The molecule has 2 bridgehead atoms. The summed E-state index contributed by atoms with van der Waals surface area (Å²) < 4.78 is 29.4. The molecule has 4 aliphatic rings. The smallest absolute Gasteiger partial charge is 0.303 e. The van der Waals surface area contributed by atoms with Crippen LogP contribution in [0.1, 0.15) is 47.5 Å². The Morgan fingerprint density at radius 3 is 2.34 bits per heavy atom. The Labute approximate surface area is 169 Å². The van der Waals surface area contributed by atoms with Gasteiger partial charge in [0.05, 0.1) is 18.1 Å². The number of hydrogen-bond donors (Lipinski definition) is 0. The molecule has 2 heterocycles. The fraction of sp³-hybridized carbons (Fsp3) is 0.762. The number of carbonyl (C=O) groups excluding carboxylic acids is 3. The topological polar surface area (TPSA) is 101 Å². The SMILES string of the molecule is CC(=O)OC[C@]12CCC(C)=CC1O[C@@H]1[C@H](OC(C)=O)[C@@H](OC(C)=O)[C@@]2(C)C12CO2. The first-order valence-electron chi connectivity index (χ1n) is 10.0. The molecule has 0 N–H and O–H groups in total. The molecule has 8 nitrogen and oxygen atoms in total. The van der Waals surface area contributed by atoms with E-state index in [2.05, 4.69) is 6.08 Å². The molecule has 2 unspecified atom stereocenters. The summed E-state index contributed by atoms with van der Waals surface area (Å²) in [5, 5.41) is 0. The van der Waals surface area contributed by atoms with Crippen LogP contribution >= 0.6 is 0 Å². The molecule has 0 amide bonds. The van der Waals surface area contributed by atoms with Crippen molar-refractivity contribution in [2.75, 3.05) is 13.2 Å². The van der Waals surface area contributed by atoms with Crippen molar-refractivity contribution in [1.82, 2.24) is 0 Å². The van der Waals surface area contributed by atoms with Crippen LogP contribution in [0.15, 0.2) is 11.6 Å². The first kappa shape index (κ1) is 20.3. The van der Waals surface area contributed by atoms with E-state index >= 15 is 0 Å². The Morgan fingerprint density at radius 1 is 1.14 bits per heavy atom. The van der Waals surface area contributed by atoms with E-state index in [1.807, 2.05) is 13.8 Å². The van der Waals surface area contributed by atoms with E-state index < -0.39 is 46.7 Å². The van der Waals surface area contributed by atoms with Crippen LogP contribution in [0.25, 0.3) is 0 Å². The molecule has 3 fully saturated rings. The summed E-state index contributed by atoms with van der Waals surface area (Å²) in [5.41, 5.74) is -1.04. The van der Waals surface area contributed by atoms with Crippen molar-refractivity contribution in [2.45, 2.75) is 77.5 Å². The van der Waals surface area contributed by atoms with Gasteiger partial charge in [0, 0.05) is 26.2 Å². The van der Waals surface area contributed by atoms with Crippen LogP contribution in [-0.2, 0) is 38.1 Å². The number of allylic oxidation sites excluding steroid dienone is 1. The van der Waals surface area contributed by atoms with Crippen molar-refractivity contribution >= 4 is 17.9 Å². The van der Waals surface area contributed by atoms with E-state index in [0.717, 1.165) is 6.42 Å². The molecular formula is C21H28O8. The number of ether oxygens (including phenoxy) is 5. The number of epoxide rings is 1. The highest BCUT2D eigenvalue weighted by Crippen LogP contribution is 2.72. The number of rotatable bonds is 4. The number of hydrogen-bond acceptors (Lipinski definition) is 8. The van der Waals surface area contributed by atoms with Gasteiger partial charge in [0.2, 0.25) is 0 Å². The summed E-state index contributed by atoms with van der Waals surface area (Å²) in [4.78, 5) is 35.6. The van der Waals surface area contributed by atoms with Crippen molar-refractivity contribution < 1.29 is 38.1 Å². The van der Waals surface area contributed by atoms with Crippen LogP contribution in [-0.4, -0.2) is 61.1 Å². The Hall–Kier alpha value is -1.93. The molecule has 0 aromatic rings. The molecule has 7 atom stereocenters. The summed E-state index contributed by atoms with van der Waals surface area (Å²) in [6, 6.07) is 0. The Bertz CT molecular complexity index is 784. The van der Waals surface area contributed by atoms with Crippen LogP contribution in [0.5, 0.6) is 0 Å². The summed E-state index contributed by atoms with van der Waals surface area (Å²) in [6.07, 6.45) is 1.00. The standard InChI is InChI=1S/C21H28O8/c1-11-6-7-20(9-25-12(2)22)15(8-11)29-18-16(27-13(3)23)17(28-14(4)24)19(20,5)21(18)10-26-21/h8,15-18H,6-7,9-10H2,1-5H3/t15?,16-,17-,18-,19-,20-,21?/m1/s1. The van der Waals surface area contributed by atoms with Crippen molar-refractivity contribution in [3.05, 3.63) is 11.6 Å². The molecule has 0 aromatic carbocycles. The second kappa shape index (κ2) is 6.54. The molecule has 2 aliphatic carbocycles. The minimum Gasteiger partial charge on any atom is -0.465 e. The maximum absolute atomic E-state index is 12.0. The molecule has 29 heavy (non-hydrogen) atoms. The van der Waals surface area contributed by atoms with Gasteiger partial charge in [-0.05, 0) is 19.8 Å². The minimum atomic E-state index is -0.794. The maximum atomic E-state index is 12.0. The summed E-state index contributed by atoms with van der Waals surface area (Å²) in [5.74, 6) is -1.34. The summed E-state index contributed by atoms with van der Waals surface area (Å²) in [6.45, 7) is 8.57. The lowest BCUT2D eigenvalue weighted by molar-refractivity contribution is -0.233. The largest absolute Gasteiger partial charge is 0.465 e. The average molecular weight is 408 g/mol. The van der Waals surface area contributed by atoms with Crippen LogP contribution < -0.4 is 0 Å². The van der Waals surface area contributed by atoms with Crippen molar-refractivity contribution in [3.8, 4) is 0 Å². The maximum Gasteiger partial charge on any atom is 0.303 e. The zero-order valence-electron chi connectivity index (χ0n) is 17.5. The Kier molecular flexibility index (Phi) is 4.59. The van der Waals surface area contributed by atoms with E-state index in [-0.39, 0.29) is 18.7 Å². The highest BCUT2D eigenvalue weighted by molar-refractivity contribution is 5.68. The molecule has 1 saturated carbocycles. The van der Waals surface area contributed by atoms with Gasteiger partial charge in [-0.25, -0.2) is 0 Å². The highest BCUT2D eigenvalue weighted by atomic mass is 16.7. The van der Waals surface area contributed by atoms with Gasteiger partial charge in [0.25, 0.3) is 0 Å². The molecule has 0 aromatic heterocycles. The van der Waals surface area contributed by atoms with Crippen LogP contribution in [0.2, 0.25) is 0 Å². The van der Waals surface area contributed by atoms with Gasteiger partial charge in [-0.15, -0.1) is 0 Å². The van der Waals surface area contributed by atoms with Crippen LogP contribution in [0, 0.1) is 10.8 Å². The lowest BCUT2D eigenvalue weighted by Gasteiger charge is -2.57. The van der Waals surface area contributed by atoms with Crippen molar-refractivity contribution in [2.24, 2.45) is 10.8 Å². The van der Waals surface area contributed by atoms with Gasteiger partial charge in [0.15, 0.2) is 12.2 Å². The van der Waals surface area contributed by atoms with E-state index in [4.69, 9.17) is 23.7 Å². The van der Waals surface area contributed by atoms with E-state index in [1.165, 1.54) is 26.3 Å². The van der Waals surface area contributed by atoms with Gasteiger partial charge in [-0.2, -0.15) is 0 Å².